The number of ether oxygens (including phenoxy) is 1. The molecule has 2 fully saturated rings. The van der Waals surface area contributed by atoms with Crippen LogP contribution < -0.4 is 10.1 Å². The molecule has 9 heteroatoms. The van der Waals surface area contributed by atoms with E-state index in [2.05, 4.69) is 16.8 Å². The van der Waals surface area contributed by atoms with E-state index >= 15 is 0 Å². The van der Waals surface area contributed by atoms with Crippen LogP contribution in [0, 0.1) is 5.92 Å². The summed E-state index contributed by atoms with van der Waals surface area (Å²) in [4.78, 5) is 26.6. The molecular weight excluding hydrogens is 509 g/mol. The van der Waals surface area contributed by atoms with Gasteiger partial charge >= 0.3 is 12.1 Å². The molecule has 1 heterocycles. The number of aliphatic hydroxyl groups excluding tert-OH is 1. The minimum Gasteiger partial charge on any atom is -0.427 e. The fourth-order valence-electron chi connectivity index (χ4n) is 6.02. The lowest BCUT2D eigenvalue weighted by atomic mass is 9.57. The summed E-state index contributed by atoms with van der Waals surface area (Å²) >= 11 is 0. The smallest absolute Gasteiger partial charge is 0.416 e. The summed E-state index contributed by atoms with van der Waals surface area (Å²) in [5, 5.41) is 14.3. The monoisotopic (exact) mass is 542 g/mol. The molecule has 1 aliphatic heterocycles. The molecule has 6 nitrogen and oxygen atoms in total. The second-order valence-corrected chi connectivity index (χ2v) is 10.4. The number of nitrogens with one attached hydrogen (secondary N) is 1. The van der Waals surface area contributed by atoms with Crippen molar-refractivity contribution < 1.29 is 32.6 Å². The summed E-state index contributed by atoms with van der Waals surface area (Å²) in [5.74, 6) is -0.571. The molecule has 2 N–H and O–H groups in total. The third-order valence-corrected chi connectivity index (χ3v) is 7.69. The highest BCUT2D eigenvalue weighted by Gasteiger charge is 2.52. The predicted molar refractivity (Wildman–Crippen MR) is 142 cm³/mol. The first-order chi connectivity index (χ1) is 18.5. The van der Waals surface area contributed by atoms with Gasteiger partial charge in [-0.25, -0.2) is 0 Å². The fourth-order valence-corrected chi connectivity index (χ4v) is 6.02. The Morgan fingerprint density at radius 1 is 1.23 bits per heavy atom. The van der Waals surface area contributed by atoms with Crippen LogP contribution in [0.4, 0.5) is 13.2 Å². The molecule has 208 valence electrons. The lowest BCUT2D eigenvalue weighted by Gasteiger charge is -2.54. The van der Waals surface area contributed by atoms with E-state index < -0.39 is 35.1 Å². The number of fused-ring (bicyclic) bond motifs is 1. The number of likely N-dealkylation sites (tertiary alicyclic amines) is 1. The van der Waals surface area contributed by atoms with Crippen LogP contribution >= 0.6 is 0 Å². The number of piperidine rings is 1. The topological polar surface area (TPSA) is 78.9 Å². The summed E-state index contributed by atoms with van der Waals surface area (Å²) in [6.07, 6.45) is 0.851. The quantitative estimate of drug-likeness (QED) is 0.229. The van der Waals surface area contributed by atoms with E-state index in [1.54, 1.807) is 6.07 Å². The van der Waals surface area contributed by atoms with Gasteiger partial charge in [0.15, 0.2) is 0 Å². The number of esters is 1. The standard InChI is InChI=1S/C30H33F3N2O4/c1-3-13-35-14-12-29(22-7-5-9-25(16-22)39-20(2)36)18-24(17-27(37)26(29)19-35)34-28(38)11-10-21-6-4-8-23(15-21)30(31,32)33/h3-11,15-16,24,26-27,37H,1,12-14,17-19H2,2H3,(H,34,38). The number of halogens is 3. The molecule has 0 radical (unpaired) electrons. The van der Waals surface area contributed by atoms with Gasteiger partial charge in [-0.15, -0.1) is 6.58 Å². The number of alkyl halides is 3. The Bertz CT molecular complexity index is 1240. The predicted octanol–water partition coefficient (Wildman–Crippen LogP) is 4.73. The molecular formula is C30H33F3N2O4. The molecule has 1 aliphatic carbocycles. The van der Waals surface area contributed by atoms with E-state index in [4.69, 9.17) is 4.74 Å². The summed E-state index contributed by atoms with van der Waals surface area (Å²) < 4.78 is 44.4. The average Bonchev–Trinajstić information content (AvgIpc) is 2.87. The number of rotatable bonds is 7. The summed E-state index contributed by atoms with van der Waals surface area (Å²) in [6, 6.07) is 11.7. The van der Waals surface area contributed by atoms with Gasteiger partial charge in [0.25, 0.3) is 0 Å². The van der Waals surface area contributed by atoms with Crippen molar-refractivity contribution in [3.8, 4) is 5.75 Å². The summed E-state index contributed by atoms with van der Waals surface area (Å²) in [7, 11) is 0. The lowest BCUT2D eigenvalue weighted by molar-refractivity contribution is -0.137. The highest BCUT2D eigenvalue weighted by molar-refractivity contribution is 5.92. The lowest BCUT2D eigenvalue weighted by Crippen LogP contribution is -2.60. The van der Waals surface area contributed by atoms with Gasteiger partial charge in [-0.2, -0.15) is 13.2 Å². The molecule has 39 heavy (non-hydrogen) atoms. The number of benzene rings is 2. The van der Waals surface area contributed by atoms with Gasteiger partial charge in [0.2, 0.25) is 5.91 Å². The molecule has 4 unspecified atom stereocenters. The van der Waals surface area contributed by atoms with Gasteiger partial charge in [-0.05, 0) is 67.3 Å². The van der Waals surface area contributed by atoms with Gasteiger partial charge in [0, 0.05) is 43.5 Å². The van der Waals surface area contributed by atoms with Crippen molar-refractivity contribution in [1.82, 2.24) is 10.2 Å². The van der Waals surface area contributed by atoms with Crippen LogP contribution in [-0.4, -0.2) is 53.7 Å². The van der Waals surface area contributed by atoms with Crippen molar-refractivity contribution in [2.45, 2.75) is 49.9 Å². The van der Waals surface area contributed by atoms with Crippen molar-refractivity contribution in [3.63, 3.8) is 0 Å². The van der Waals surface area contributed by atoms with Crippen molar-refractivity contribution in [1.29, 1.82) is 0 Å². The molecule has 0 spiro atoms. The molecule has 1 amide bonds. The van der Waals surface area contributed by atoms with Crippen LogP contribution in [0.15, 0.2) is 67.3 Å². The van der Waals surface area contributed by atoms with Gasteiger partial charge in [0.05, 0.1) is 11.7 Å². The van der Waals surface area contributed by atoms with Crippen LogP contribution in [0.3, 0.4) is 0 Å². The number of carbonyl (C=O) groups is 2. The van der Waals surface area contributed by atoms with Gasteiger partial charge in [0.1, 0.15) is 5.75 Å². The van der Waals surface area contributed by atoms with Crippen molar-refractivity contribution >= 4 is 18.0 Å². The number of amides is 1. The van der Waals surface area contributed by atoms with Crippen molar-refractivity contribution in [2.75, 3.05) is 19.6 Å². The zero-order valence-corrected chi connectivity index (χ0v) is 21.8. The largest absolute Gasteiger partial charge is 0.427 e. The zero-order valence-electron chi connectivity index (χ0n) is 21.8. The maximum absolute atomic E-state index is 13.0. The first-order valence-electron chi connectivity index (χ1n) is 13.0. The van der Waals surface area contributed by atoms with Crippen LogP contribution in [0.2, 0.25) is 0 Å². The second-order valence-electron chi connectivity index (χ2n) is 10.4. The molecule has 4 rings (SSSR count). The maximum Gasteiger partial charge on any atom is 0.416 e. The third kappa shape index (κ3) is 6.78. The molecule has 1 saturated carbocycles. The van der Waals surface area contributed by atoms with Crippen molar-refractivity contribution in [2.24, 2.45) is 5.92 Å². The van der Waals surface area contributed by atoms with Crippen LogP contribution in [0.1, 0.15) is 42.9 Å². The van der Waals surface area contributed by atoms with E-state index in [1.807, 2.05) is 24.3 Å². The molecule has 2 aromatic carbocycles. The average molecular weight is 543 g/mol. The van der Waals surface area contributed by atoms with E-state index in [0.717, 1.165) is 30.7 Å². The summed E-state index contributed by atoms with van der Waals surface area (Å²) in [6.45, 7) is 7.29. The summed E-state index contributed by atoms with van der Waals surface area (Å²) in [5.41, 5.74) is -0.0694. The van der Waals surface area contributed by atoms with E-state index in [1.165, 1.54) is 31.2 Å². The molecule has 4 atom stereocenters. The minimum absolute atomic E-state index is 0.118. The van der Waals surface area contributed by atoms with Crippen LogP contribution in [-0.2, 0) is 21.2 Å². The number of carbonyl (C=O) groups excluding carboxylic acids is 2. The Labute approximate surface area is 226 Å². The molecule has 2 aliphatic rings. The zero-order chi connectivity index (χ0) is 28.2. The molecule has 0 bridgehead atoms. The Kier molecular flexibility index (Phi) is 8.61. The Balaban J connectivity index is 1.56. The highest BCUT2D eigenvalue weighted by atomic mass is 19.4. The highest BCUT2D eigenvalue weighted by Crippen LogP contribution is 2.49. The third-order valence-electron chi connectivity index (χ3n) is 7.69. The van der Waals surface area contributed by atoms with Crippen LogP contribution in [0.25, 0.3) is 6.08 Å². The number of hydrogen-bond acceptors (Lipinski definition) is 5. The van der Waals surface area contributed by atoms with Crippen LogP contribution in [0.5, 0.6) is 5.75 Å². The van der Waals surface area contributed by atoms with E-state index in [9.17, 15) is 27.9 Å². The maximum atomic E-state index is 13.0. The van der Waals surface area contributed by atoms with Gasteiger partial charge in [-0.1, -0.05) is 30.3 Å². The normalized spacial score (nSPS) is 25.6. The van der Waals surface area contributed by atoms with Gasteiger partial charge in [-0.3, -0.25) is 14.5 Å². The van der Waals surface area contributed by atoms with Crippen molar-refractivity contribution in [3.05, 3.63) is 84.0 Å². The SMILES string of the molecule is C=CCN1CCC2(c3cccc(OC(C)=O)c3)CC(NC(=O)C=Cc3cccc(C(F)(F)F)c3)CC(O)C2C1. The Morgan fingerprint density at radius 2 is 2.00 bits per heavy atom. The first-order valence-corrected chi connectivity index (χ1v) is 13.0. The molecule has 2 aromatic rings. The Morgan fingerprint density at radius 3 is 2.72 bits per heavy atom. The first kappa shape index (κ1) is 28.6. The number of hydrogen-bond donors (Lipinski definition) is 2. The van der Waals surface area contributed by atoms with Gasteiger partial charge < -0.3 is 15.2 Å². The minimum atomic E-state index is -4.47. The molecule has 0 aromatic heterocycles. The number of aliphatic hydroxyl groups is 1. The van der Waals surface area contributed by atoms with E-state index in [0.29, 0.717) is 31.7 Å². The molecule has 1 saturated heterocycles. The fraction of sp³-hybridized carbons (Fsp3) is 0.400. The Hall–Kier alpha value is -3.43. The van der Waals surface area contributed by atoms with E-state index in [-0.39, 0.29) is 17.5 Å². The second kappa shape index (κ2) is 11.8. The number of nitrogens with zero attached hydrogens (tertiary/aromatic N) is 1.